The summed E-state index contributed by atoms with van der Waals surface area (Å²) in [7, 11) is 0. The molecule has 1 aromatic heterocycles. The molecule has 1 heterocycles. The number of ether oxygens (including phenoxy) is 1. The summed E-state index contributed by atoms with van der Waals surface area (Å²) in [6, 6.07) is 13.5. The van der Waals surface area contributed by atoms with Crippen molar-refractivity contribution in [2.45, 2.75) is 33.4 Å². The molecule has 126 valence electrons. The summed E-state index contributed by atoms with van der Waals surface area (Å²) in [5.41, 5.74) is 0. The summed E-state index contributed by atoms with van der Waals surface area (Å²) in [5, 5.41) is 10.3. The SMILES string of the molecule is Cc1ccc(CN(CC(C)C)C[C@H](O)COc2ccccc2)o1. The lowest BCUT2D eigenvalue weighted by Crippen LogP contribution is -2.37. The van der Waals surface area contributed by atoms with Crippen LogP contribution in [0.15, 0.2) is 46.9 Å². The van der Waals surface area contributed by atoms with E-state index < -0.39 is 6.10 Å². The summed E-state index contributed by atoms with van der Waals surface area (Å²) < 4.78 is 11.3. The van der Waals surface area contributed by atoms with Crippen molar-refractivity contribution in [3.05, 3.63) is 54.0 Å². The maximum Gasteiger partial charge on any atom is 0.119 e. The summed E-state index contributed by atoms with van der Waals surface area (Å²) in [5.74, 6) is 3.15. The van der Waals surface area contributed by atoms with Gasteiger partial charge in [0.1, 0.15) is 30.0 Å². The molecule has 0 aliphatic heterocycles. The van der Waals surface area contributed by atoms with E-state index in [-0.39, 0.29) is 6.61 Å². The van der Waals surface area contributed by atoms with Gasteiger partial charge in [0.25, 0.3) is 0 Å². The number of rotatable bonds is 9. The summed E-state index contributed by atoms with van der Waals surface area (Å²) in [4.78, 5) is 2.21. The fraction of sp³-hybridized carbons (Fsp3) is 0.474. The van der Waals surface area contributed by atoms with Gasteiger partial charge in [-0.25, -0.2) is 0 Å². The Balaban J connectivity index is 1.85. The molecular weight excluding hydrogens is 290 g/mol. The lowest BCUT2D eigenvalue weighted by Gasteiger charge is -2.26. The quantitative estimate of drug-likeness (QED) is 0.769. The molecule has 0 radical (unpaired) electrons. The van der Waals surface area contributed by atoms with Crippen molar-refractivity contribution < 1.29 is 14.3 Å². The van der Waals surface area contributed by atoms with Crippen molar-refractivity contribution in [2.24, 2.45) is 5.92 Å². The van der Waals surface area contributed by atoms with Gasteiger partial charge < -0.3 is 14.3 Å². The van der Waals surface area contributed by atoms with E-state index >= 15 is 0 Å². The van der Waals surface area contributed by atoms with E-state index in [2.05, 4.69) is 18.7 Å². The minimum absolute atomic E-state index is 0.287. The average Bonchev–Trinajstić information content (AvgIpc) is 2.90. The lowest BCUT2D eigenvalue weighted by molar-refractivity contribution is 0.0590. The molecule has 2 rings (SSSR count). The predicted molar refractivity (Wildman–Crippen MR) is 91.5 cm³/mol. The second-order valence-electron chi connectivity index (χ2n) is 6.38. The van der Waals surface area contributed by atoms with Crippen LogP contribution in [0.25, 0.3) is 0 Å². The predicted octanol–water partition coefficient (Wildman–Crippen LogP) is 3.49. The van der Waals surface area contributed by atoms with Crippen LogP contribution in [0.5, 0.6) is 5.75 Å². The van der Waals surface area contributed by atoms with Crippen LogP contribution >= 0.6 is 0 Å². The average molecular weight is 317 g/mol. The highest BCUT2D eigenvalue weighted by atomic mass is 16.5. The summed E-state index contributed by atoms with van der Waals surface area (Å²) >= 11 is 0. The van der Waals surface area contributed by atoms with Gasteiger partial charge >= 0.3 is 0 Å². The van der Waals surface area contributed by atoms with Gasteiger partial charge in [0.15, 0.2) is 0 Å². The molecule has 1 aromatic carbocycles. The molecule has 0 aliphatic rings. The van der Waals surface area contributed by atoms with Crippen LogP contribution in [0.4, 0.5) is 0 Å². The molecule has 0 amide bonds. The normalized spacial score (nSPS) is 12.8. The minimum atomic E-state index is -0.537. The van der Waals surface area contributed by atoms with Gasteiger partial charge in [0.2, 0.25) is 0 Å². The fourth-order valence-corrected chi connectivity index (χ4v) is 2.57. The minimum Gasteiger partial charge on any atom is -0.491 e. The number of hydrogen-bond donors (Lipinski definition) is 1. The molecule has 0 saturated carbocycles. The first kappa shape index (κ1) is 17.6. The number of para-hydroxylation sites is 1. The second-order valence-corrected chi connectivity index (χ2v) is 6.38. The van der Waals surface area contributed by atoms with E-state index in [1.54, 1.807) is 0 Å². The molecule has 2 aromatic rings. The zero-order valence-electron chi connectivity index (χ0n) is 14.2. The second kappa shape index (κ2) is 8.75. The highest BCUT2D eigenvalue weighted by molar-refractivity contribution is 5.20. The van der Waals surface area contributed by atoms with Crippen molar-refractivity contribution in [2.75, 3.05) is 19.7 Å². The summed E-state index contributed by atoms with van der Waals surface area (Å²) in [6.45, 7) is 8.75. The number of aryl methyl sites for hydroxylation is 1. The molecule has 0 bridgehead atoms. The molecule has 23 heavy (non-hydrogen) atoms. The van der Waals surface area contributed by atoms with E-state index in [1.165, 1.54) is 0 Å². The third-order valence-corrected chi connectivity index (χ3v) is 3.45. The first-order chi connectivity index (χ1) is 11.0. The van der Waals surface area contributed by atoms with Gasteiger partial charge in [-0.05, 0) is 37.1 Å². The van der Waals surface area contributed by atoms with E-state index in [1.807, 2.05) is 49.4 Å². The Kier molecular flexibility index (Phi) is 6.68. The van der Waals surface area contributed by atoms with Crippen molar-refractivity contribution in [3.8, 4) is 5.75 Å². The van der Waals surface area contributed by atoms with Crippen molar-refractivity contribution >= 4 is 0 Å². The molecule has 0 aliphatic carbocycles. The number of benzene rings is 1. The van der Waals surface area contributed by atoms with Gasteiger partial charge in [-0.3, -0.25) is 4.90 Å². The van der Waals surface area contributed by atoms with Crippen LogP contribution < -0.4 is 4.74 Å². The van der Waals surface area contributed by atoms with Gasteiger partial charge in [-0.15, -0.1) is 0 Å². The molecule has 4 nitrogen and oxygen atoms in total. The number of hydrogen-bond acceptors (Lipinski definition) is 4. The Morgan fingerprint density at radius 3 is 2.43 bits per heavy atom. The van der Waals surface area contributed by atoms with E-state index in [0.717, 1.165) is 23.8 Å². The lowest BCUT2D eigenvalue weighted by atomic mass is 10.2. The van der Waals surface area contributed by atoms with Crippen LogP contribution in [-0.2, 0) is 6.54 Å². The van der Waals surface area contributed by atoms with E-state index in [9.17, 15) is 5.11 Å². The Labute approximate surface area is 138 Å². The molecule has 1 atom stereocenters. The van der Waals surface area contributed by atoms with Gasteiger partial charge in [-0.1, -0.05) is 32.0 Å². The van der Waals surface area contributed by atoms with Crippen LogP contribution in [0.2, 0.25) is 0 Å². The van der Waals surface area contributed by atoms with Crippen LogP contribution in [0, 0.1) is 12.8 Å². The summed E-state index contributed by atoms with van der Waals surface area (Å²) in [6.07, 6.45) is -0.537. The van der Waals surface area contributed by atoms with Gasteiger partial charge in [-0.2, -0.15) is 0 Å². The fourth-order valence-electron chi connectivity index (χ4n) is 2.57. The molecule has 0 unspecified atom stereocenters. The van der Waals surface area contributed by atoms with E-state index in [0.29, 0.717) is 19.0 Å². The standard InChI is InChI=1S/C19H27NO3/c1-15(2)11-20(13-19-10-9-16(3)23-19)12-17(21)14-22-18-7-5-4-6-8-18/h4-10,15,17,21H,11-14H2,1-3H3/t17-/m0/s1. The van der Waals surface area contributed by atoms with E-state index in [4.69, 9.17) is 9.15 Å². The number of aliphatic hydroxyl groups is 1. The van der Waals surface area contributed by atoms with Gasteiger partial charge in [0.05, 0.1) is 6.54 Å². The Morgan fingerprint density at radius 1 is 1.09 bits per heavy atom. The molecule has 0 saturated heterocycles. The smallest absolute Gasteiger partial charge is 0.119 e. The monoisotopic (exact) mass is 317 g/mol. The third-order valence-electron chi connectivity index (χ3n) is 3.45. The molecule has 0 spiro atoms. The maximum absolute atomic E-state index is 10.3. The topological polar surface area (TPSA) is 45.8 Å². The molecular formula is C19H27NO3. The largest absolute Gasteiger partial charge is 0.491 e. The zero-order valence-corrected chi connectivity index (χ0v) is 14.2. The Hall–Kier alpha value is -1.78. The first-order valence-electron chi connectivity index (χ1n) is 8.16. The van der Waals surface area contributed by atoms with Crippen molar-refractivity contribution in [1.82, 2.24) is 4.90 Å². The highest BCUT2D eigenvalue weighted by Crippen LogP contribution is 2.13. The highest BCUT2D eigenvalue weighted by Gasteiger charge is 2.15. The van der Waals surface area contributed by atoms with Crippen molar-refractivity contribution in [1.29, 1.82) is 0 Å². The third kappa shape index (κ3) is 6.47. The first-order valence-corrected chi connectivity index (χ1v) is 8.16. The number of nitrogens with zero attached hydrogens (tertiary/aromatic N) is 1. The maximum atomic E-state index is 10.3. The van der Waals surface area contributed by atoms with Crippen LogP contribution in [0.1, 0.15) is 25.4 Å². The molecule has 1 N–H and O–H groups in total. The number of aliphatic hydroxyl groups excluding tert-OH is 1. The van der Waals surface area contributed by atoms with Crippen LogP contribution in [0.3, 0.4) is 0 Å². The van der Waals surface area contributed by atoms with Crippen molar-refractivity contribution in [3.63, 3.8) is 0 Å². The molecule has 0 fully saturated rings. The van der Waals surface area contributed by atoms with Crippen LogP contribution in [-0.4, -0.2) is 35.8 Å². The zero-order chi connectivity index (χ0) is 16.7. The Bertz CT molecular complexity index is 565. The Morgan fingerprint density at radius 2 is 1.83 bits per heavy atom. The number of furan rings is 1. The van der Waals surface area contributed by atoms with Gasteiger partial charge in [0, 0.05) is 13.1 Å². The molecule has 4 heteroatoms.